The van der Waals surface area contributed by atoms with Crippen molar-refractivity contribution in [3.8, 4) is 17.3 Å². The minimum Gasteiger partial charge on any atom is -0.497 e. The zero-order valence-electron chi connectivity index (χ0n) is 16.3. The van der Waals surface area contributed by atoms with Gasteiger partial charge in [0.25, 0.3) is 5.56 Å². The van der Waals surface area contributed by atoms with Gasteiger partial charge in [-0.1, -0.05) is 11.6 Å². The highest BCUT2D eigenvalue weighted by atomic mass is 35.5. The Labute approximate surface area is 180 Å². The summed E-state index contributed by atoms with van der Waals surface area (Å²) in [7, 11) is 1.58. The molecule has 0 aliphatic rings. The van der Waals surface area contributed by atoms with Crippen molar-refractivity contribution < 1.29 is 22.6 Å². The number of methoxy groups -OCH3 is 1. The van der Waals surface area contributed by atoms with Gasteiger partial charge in [-0.05, 0) is 42.8 Å². The van der Waals surface area contributed by atoms with E-state index >= 15 is 0 Å². The summed E-state index contributed by atoms with van der Waals surface area (Å²) in [6.07, 6.45) is -1.96. The molecule has 0 radical (unpaired) electrons. The van der Waals surface area contributed by atoms with Gasteiger partial charge in [0.2, 0.25) is 0 Å². The lowest BCUT2D eigenvalue weighted by atomic mass is 10.3. The highest BCUT2D eigenvalue weighted by Crippen LogP contribution is 2.28. The van der Waals surface area contributed by atoms with Crippen LogP contribution in [0.2, 0.25) is 5.02 Å². The second-order valence-corrected chi connectivity index (χ2v) is 6.67. The van der Waals surface area contributed by atoms with E-state index in [1.807, 2.05) is 0 Å². The highest BCUT2D eigenvalue weighted by molar-refractivity contribution is 6.32. The van der Waals surface area contributed by atoms with Crippen LogP contribution in [0.25, 0.3) is 5.82 Å². The molecule has 31 heavy (non-hydrogen) atoms. The molecule has 2 heterocycles. The lowest BCUT2D eigenvalue weighted by molar-refractivity contribution is -0.137. The average molecular weight is 455 g/mol. The van der Waals surface area contributed by atoms with Crippen molar-refractivity contribution in [2.75, 3.05) is 25.6 Å². The molecule has 0 bridgehead atoms. The predicted octanol–water partition coefficient (Wildman–Crippen LogP) is 4.19. The number of pyridine rings is 1. The summed E-state index contributed by atoms with van der Waals surface area (Å²) in [5.41, 5.74) is -1.32. The number of aromatic nitrogens is 3. The molecule has 7 nitrogen and oxygen atoms in total. The third kappa shape index (κ3) is 5.66. The quantitative estimate of drug-likeness (QED) is 0.514. The Bertz CT molecular complexity index is 1070. The van der Waals surface area contributed by atoms with Crippen molar-refractivity contribution >= 4 is 17.3 Å². The van der Waals surface area contributed by atoms with E-state index < -0.39 is 17.3 Å². The van der Waals surface area contributed by atoms with Gasteiger partial charge in [0.15, 0.2) is 5.82 Å². The van der Waals surface area contributed by atoms with Crippen molar-refractivity contribution in [2.45, 2.75) is 12.6 Å². The molecule has 0 aliphatic heterocycles. The molecular formula is C20H18ClF3N4O3. The van der Waals surface area contributed by atoms with Crippen LogP contribution in [0.15, 0.2) is 53.6 Å². The zero-order valence-corrected chi connectivity index (χ0v) is 17.1. The van der Waals surface area contributed by atoms with Crippen molar-refractivity contribution in [1.29, 1.82) is 0 Å². The molecule has 0 saturated heterocycles. The number of nitrogens with one attached hydrogen (secondary N) is 1. The van der Waals surface area contributed by atoms with Gasteiger partial charge in [-0.3, -0.25) is 4.79 Å². The van der Waals surface area contributed by atoms with Crippen LogP contribution in [0.1, 0.15) is 12.0 Å². The molecule has 0 unspecified atom stereocenters. The summed E-state index contributed by atoms with van der Waals surface area (Å²) in [6.45, 7) is 0.885. The number of alkyl halides is 3. The first-order chi connectivity index (χ1) is 14.8. The summed E-state index contributed by atoms with van der Waals surface area (Å²) in [4.78, 5) is 16.1. The maximum Gasteiger partial charge on any atom is 0.417 e. The molecule has 0 saturated carbocycles. The average Bonchev–Trinajstić information content (AvgIpc) is 2.76. The monoisotopic (exact) mass is 454 g/mol. The summed E-state index contributed by atoms with van der Waals surface area (Å²) in [5, 5.41) is 6.78. The van der Waals surface area contributed by atoms with Crippen LogP contribution in [0.5, 0.6) is 11.5 Å². The maximum absolute atomic E-state index is 12.7. The molecule has 0 atom stereocenters. The third-order valence-corrected chi connectivity index (χ3v) is 4.54. The van der Waals surface area contributed by atoms with Crippen LogP contribution in [0, 0.1) is 0 Å². The van der Waals surface area contributed by atoms with E-state index in [-0.39, 0.29) is 10.8 Å². The minimum atomic E-state index is -4.52. The molecule has 3 rings (SSSR count). The van der Waals surface area contributed by atoms with Gasteiger partial charge in [-0.15, -0.1) is 0 Å². The Morgan fingerprint density at radius 2 is 1.81 bits per heavy atom. The fourth-order valence-electron chi connectivity index (χ4n) is 2.56. The Morgan fingerprint density at radius 1 is 1.10 bits per heavy atom. The number of halogens is 4. The van der Waals surface area contributed by atoms with Crippen molar-refractivity contribution in [3.05, 3.63) is 69.7 Å². The summed E-state index contributed by atoms with van der Waals surface area (Å²) in [6, 6.07) is 9.04. The lowest BCUT2D eigenvalue weighted by Gasteiger charge is -2.11. The maximum atomic E-state index is 12.7. The second kappa shape index (κ2) is 9.69. The standard InChI is InChI=1S/C20H18ClF3N4O3/c1-30-14-4-6-15(7-5-14)31-10-2-9-25-16-12-27-28(19(29)18(16)21)17-8-3-13(11-26-17)20(22,23)24/h3-8,11-12,25H,2,9-10H2,1H3. The van der Waals surface area contributed by atoms with Crippen LogP contribution in [-0.2, 0) is 6.18 Å². The zero-order chi connectivity index (χ0) is 22.4. The number of nitrogens with zero attached hydrogens (tertiary/aromatic N) is 3. The molecular weight excluding hydrogens is 437 g/mol. The molecule has 0 aliphatic carbocycles. The molecule has 3 aromatic rings. The lowest BCUT2D eigenvalue weighted by Crippen LogP contribution is -2.24. The number of anilines is 1. The van der Waals surface area contributed by atoms with E-state index in [0.717, 1.165) is 22.6 Å². The van der Waals surface area contributed by atoms with Crippen molar-refractivity contribution in [3.63, 3.8) is 0 Å². The smallest absolute Gasteiger partial charge is 0.417 e. The summed E-state index contributed by atoms with van der Waals surface area (Å²) >= 11 is 6.10. The highest BCUT2D eigenvalue weighted by Gasteiger charge is 2.30. The Balaban J connectivity index is 1.57. The van der Waals surface area contributed by atoms with Gasteiger partial charge in [-0.25, -0.2) is 4.98 Å². The van der Waals surface area contributed by atoms with Crippen molar-refractivity contribution in [2.24, 2.45) is 0 Å². The van der Waals surface area contributed by atoms with E-state index in [4.69, 9.17) is 21.1 Å². The first-order valence-corrected chi connectivity index (χ1v) is 9.49. The molecule has 1 N–H and O–H groups in total. The topological polar surface area (TPSA) is 78.3 Å². The van der Waals surface area contributed by atoms with Crippen LogP contribution >= 0.6 is 11.6 Å². The van der Waals surface area contributed by atoms with Gasteiger partial charge in [0.05, 0.1) is 31.2 Å². The summed E-state index contributed by atoms with van der Waals surface area (Å²) < 4.78 is 49.5. The minimum absolute atomic E-state index is 0.0701. The molecule has 11 heteroatoms. The van der Waals surface area contributed by atoms with E-state index in [2.05, 4.69) is 15.4 Å². The van der Waals surface area contributed by atoms with Crippen LogP contribution in [-0.4, -0.2) is 35.0 Å². The van der Waals surface area contributed by atoms with E-state index in [0.29, 0.717) is 37.2 Å². The third-order valence-electron chi connectivity index (χ3n) is 4.18. The van der Waals surface area contributed by atoms with Gasteiger partial charge < -0.3 is 14.8 Å². The van der Waals surface area contributed by atoms with Gasteiger partial charge in [-0.2, -0.15) is 23.0 Å². The van der Waals surface area contributed by atoms with Gasteiger partial charge in [0, 0.05) is 12.7 Å². The van der Waals surface area contributed by atoms with E-state index in [9.17, 15) is 18.0 Å². The number of hydrogen-bond acceptors (Lipinski definition) is 6. The largest absolute Gasteiger partial charge is 0.497 e. The fraction of sp³-hybridized carbons (Fsp3) is 0.250. The number of hydrogen-bond donors (Lipinski definition) is 1. The second-order valence-electron chi connectivity index (χ2n) is 6.30. The van der Waals surface area contributed by atoms with E-state index in [1.165, 1.54) is 6.20 Å². The molecule has 164 valence electrons. The number of ether oxygens (including phenoxy) is 2. The number of rotatable bonds is 8. The van der Waals surface area contributed by atoms with Gasteiger partial charge in [0.1, 0.15) is 16.5 Å². The first-order valence-electron chi connectivity index (χ1n) is 9.12. The predicted molar refractivity (Wildman–Crippen MR) is 109 cm³/mol. The molecule has 0 fully saturated rings. The van der Waals surface area contributed by atoms with E-state index in [1.54, 1.807) is 31.4 Å². The van der Waals surface area contributed by atoms with Crippen LogP contribution < -0.4 is 20.3 Å². The number of benzene rings is 1. The van der Waals surface area contributed by atoms with Crippen LogP contribution in [0.4, 0.5) is 18.9 Å². The Kier molecular flexibility index (Phi) is 7.01. The Hall–Kier alpha value is -3.27. The molecule has 0 spiro atoms. The van der Waals surface area contributed by atoms with Crippen LogP contribution in [0.3, 0.4) is 0 Å². The Morgan fingerprint density at radius 3 is 2.42 bits per heavy atom. The normalized spacial score (nSPS) is 11.3. The van der Waals surface area contributed by atoms with Gasteiger partial charge >= 0.3 is 6.18 Å². The molecule has 1 aromatic carbocycles. The SMILES string of the molecule is COc1ccc(OCCCNc2cnn(-c3ccc(C(F)(F)F)cn3)c(=O)c2Cl)cc1. The first kappa shape index (κ1) is 22.4. The molecule has 0 amide bonds. The fourth-order valence-corrected chi connectivity index (χ4v) is 2.75. The van der Waals surface area contributed by atoms with Crippen molar-refractivity contribution in [1.82, 2.24) is 14.8 Å². The summed E-state index contributed by atoms with van der Waals surface area (Å²) in [5.74, 6) is 1.36. The molecule has 2 aromatic heterocycles.